The molecule has 0 unspecified atom stereocenters. The fraction of sp³-hybridized carbons (Fsp3) is 0.346. The van der Waals surface area contributed by atoms with E-state index in [-0.39, 0.29) is 17.5 Å². The van der Waals surface area contributed by atoms with Crippen LogP contribution < -0.4 is 21.8 Å². The smallest absolute Gasteiger partial charge is 0.312 e. The Bertz CT molecular complexity index is 1260. The molecule has 1 aliphatic rings. The maximum Gasteiger partial charge on any atom is 0.312 e. The molecule has 4 rings (SSSR count). The van der Waals surface area contributed by atoms with Crippen LogP contribution in [0.25, 0.3) is 22.5 Å². The minimum Gasteiger partial charge on any atom is -0.493 e. The molecule has 0 amide bonds. The Morgan fingerprint density at radius 3 is 2.50 bits per heavy atom. The van der Waals surface area contributed by atoms with Crippen LogP contribution in [0, 0.1) is 5.41 Å². The Morgan fingerprint density at radius 2 is 1.85 bits per heavy atom. The van der Waals surface area contributed by atoms with Crippen molar-refractivity contribution in [2.24, 2.45) is 5.41 Å². The van der Waals surface area contributed by atoms with Crippen LogP contribution in [0.3, 0.4) is 0 Å². The highest BCUT2D eigenvalue weighted by atomic mass is 16.5. The van der Waals surface area contributed by atoms with Crippen LogP contribution in [0.15, 0.2) is 47.3 Å². The van der Waals surface area contributed by atoms with Crippen LogP contribution in [0.4, 0.5) is 11.5 Å². The standard InChI is InChI=1S/C26H30N4O4/c1-3-33-20-14-18(9-10-19(20)23-29-22(28)21(27)24(31)30-23)17-8-5-7-16(13-17)15-26(11-6-12-26)25(32)34-4-2/h5,7-10,13-14H,3-4,6,11-12,15,27H2,1-2H3,(H3,28,29,30,31). The molecule has 5 N–H and O–H groups in total. The van der Waals surface area contributed by atoms with E-state index >= 15 is 0 Å². The summed E-state index contributed by atoms with van der Waals surface area (Å²) in [7, 11) is 0. The number of hydrogen-bond acceptors (Lipinski definition) is 7. The van der Waals surface area contributed by atoms with Crippen molar-refractivity contribution in [2.45, 2.75) is 39.5 Å². The molecule has 2 aromatic carbocycles. The Hall–Kier alpha value is -3.81. The number of nitrogen functional groups attached to an aromatic ring is 2. The summed E-state index contributed by atoms with van der Waals surface area (Å²) < 4.78 is 11.2. The van der Waals surface area contributed by atoms with Gasteiger partial charge in [0.2, 0.25) is 0 Å². The summed E-state index contributed by atoms with van der Waals surface area (Å²) in [6, 6.07) is 13.9. The second-order valence-electron chi connectivity index (χ2n) is 8.59. The van der Waals surface area contributed by atoms with Gasteiger partial charge in [-0.05, 0) is 61.9 Å². The molecule has 8 nitrogen and oxygen atoms in total. The van der Waals surface area contributed by atoms with Crippen LogP contribution >= 0.6 is 0 Å². The molecule has 178 valence electrons. The molecule has 0 radical (unpaired) electrons. The number of nitrogens with two attached hydrogens (primary N) is 2. The van der Waals surface area contributed by atoms with Crippen molar-refractivity contribution in [3.8, 4) is 28.3 Å². The van der Waals surface area contributed by atoms with Crippen molar-refractivity contribution in [1.82, 2.24) is 9.97 Å². The van der Waals surface area contributed by atoms with Gasteiger partial charge in [0.05, 0.1) is 24.2 Å². The van der Waals surface area contributed by atoms with Crippen LogP contribution in [-0.4, -0.2) is 29.2 Å². The molecule has 1 aliphatic carbocycles. The molecule has 1 fully saturated rings. The van der Waals surface area contributed by atoms with Gasteiger partial charge in [-0.1, -0.05) is 36.8 Å². The van der Waals surface area contributed by atoms with Gasteiger partial charge in [-0.15, -0.1) is 0 Å². The lowest BCUT2D eigenvalue weighted by Crippen LogP contribution is -2.41. The fourth-order valence-corrected chi connectivity index (χ4v) is 4.39. The number of esters is 1. The number of ether oxygens (including phenoxy) is 2. The normalized spacial score (nSPS) is 14.3. The first-order valence-corrected chi connectivity index (χ1v) is 11.6. The summed E-state index contributed by atoms with van der Waals surface area (Å²) in [6.07, 6.45) is 3.42. The van der Waals surface area contributed by atoms with E-state index in [9.17, 15) is 9.59 Å². The Balaban J connectivity index is 1.67. The van der Waals surface area contributed by atoms with E-state index in [2.05, 4.69) is 16.0 Å². The number of carbonyl (C=O) groups is 1. The SMILES string of the molecule is CCOC(=O)C1(Cc2cccc(-c3ccc(-c4nc(N)c(N)c(=O)[nH]4)c(OCC)c3)c2)CCC1. The number of benzene rings is 2. The highest BCUT2D eigenvalue weighted by molar-refractivity contribution is 5.79. The molecule has 3 aromatic rings. The summed E-state index contributed by atoms with van der Waals surface area (Å²) >= 11 is 0. The number of anilines is 2. The number of carbonyl (C=O) groups excluding carboxylic acids is 1. The average Bonchev–Trinajstić information content (AvgIpc) is 2.80. The van der Waals surface area contributed by atoms with Crippen molar-refractivity contribution < 1.29 is 14.3 Å². The Labute approximate surface area is 198 Å². The average molecular weight is 463 g/mol. The lowest BCUT2D eigenvalue weighted by atomic mass is 9.65. The molecular formula is C26H30N4O4. The molecule has 0 saturated heterocycles. The zero-order valence-electron chi connectivity index (χ0n) is 19.5. The van der Waals surface area contributed by atoms with Gasteiger partial charge < -0.3 is 25.9 Å². The number of nitrogens with one attached hydrogen (secondary N) is 1. The quantitative estimate of drug-likeness (QED) is 0.432. The van der Waals surface area contributed by atoms with Gasteiger partial charge in [-0.3, -0.25) is 9.59 Å². The van der Waals surface area contributed by atoms with Crippen LogP contribution in [-0.2, 0) is 16.0 Å². The van der Waals surface area contributed by atoms with Crippen LogP contribution in [0.5, 0.6) is 5.75 Å². The topological polar surface area (TPSA) is 133 Å². The van der Waals surface area contributed by atoms with Gasteiger partial charge >= 0.3 is 5.97 Å². The molecule has 0 atom stereocenters. The second-order valence-corrected chi connectivity index (χ2v) is 8.59. The minimum atomic E-state index is -0.492. The summed E-state index contributed by atoms with van der Waals surface area (Å²) in [5.74, 6) is 0.741. The summed E-state index contributed by atoms with van der Waals surface area (Å²) in [5, 5.41) is 0. The zero-order chi connectivity index (χ0) is 24.3. The molecule has 1 heterocycles. The molecule has 34 heavy (non-hydrogen) atoms. The van der Waals surface area contributed by atoms with Gasteiger partial charge in [0.1, 0.15) is 17.3 Å². The first-order chi connectivity index (χ1) is 16.4. The van der Waals surface area contributed by atoms with E-state index in [1.807, 2.05) is 50.2 Å². The lowest BCUT2D eigenvalue weighted by Gasteiger charge is -2.39. The molecule has 0 aliphatic heterocycles. The third kappa shape index (κ3) is 4.48. The number of nitrogens with zero attached hydrogens (tertiary/aromatic N) is 1. The third-order valence-electron chi connectivity index (χ3n) is 6.34. The highest BCUT2D eigenvalue weighted by Gasteiger charge is 2.45. The lowest BCUT2D eigenvalue weighted by molar-refractivity contribution is -0.161. The number of aromatic amines is 1. The van der Waals surface area contributed by atoms with Crippen molar-refractivity contribution in [1.29, 1.82) is 0 Å². The zero-order valence-corrected chi connectivity index (χ0v) is 19.5. The minimum absolute atomic E-state index is 0.0236. The first-order valence-electron chi connectivity index (χ1n) is 11.6. The van der Waals surface area contributed by atoms with Crippen LogP contribution in [0.1, 0.15) is 38.7 Å². The predicted octanol–water partition coefficient (Wildman–Crippen LogP) is 3.94. The van der Waals surface area contributed by atoms with Crippen molar-refractivity contribution >= 4 is 17.5 Å². The number of aromatic nitrogens is 2. The molecule has 0 spiro atoms. The number of rotatable bonds is 8. The number of H-pyrrole nitrogens is 1. The number of hydrogen-bond donors (Lipinski definition) is 3. The van der Waals surface area contributed by atoms with Gasteiger partial charge in [0.25, 0.3) is 5.56 Å². The summed E-state index contributed by atoms with van der Waals surface area (Å²) in [5.41, 5.74) is 14.1. The van der Waals surface area contributed by atoms with Crippen molar-refractivity contribution in [3.05, 3.63) is 58.4 Å². The van der Waals surface area contributed by atoms with Gasteiger partial charge in [-0.2, -0.15) is 0 Å². The molecule has 8 heteroatoms. The van der Waals surface area contributed by atoms with E-state index in [0.717, 1.165) is 36.0 Å². The van der Waals surface area contributed by atoms with Crippen molar-refractivity contribution in [2.75, 3.05) is 24.7 Å². The van der Waals surface area contributed by atoms with Crippen molar-refractivity contribution in [3.63, 3.8) is 0 Å². The highest BCUT2D eigenvalue weighted by Crippen LogP contribution is 2.45. The Kier molecular flexibility index (Phi) is 6.58. The maximum absolute atomic E-state index is 12.6. The van der Waals surface area contributed by atoms with E-state index in [1.54, 1.807) is 0 Å². The molecular weight excluding hydrogens is 432 g/mol. The third-order valence-corrected chi connectivity index (χ3v) is 6.34. The largest absolute Gasteiger partial charge is 0.493 e. The monoisotopic (exact) mass is 462 g/mol. The predicted molar refractivity (Wildman–Crippen MR) is 132 cm³/mol. The Morgan fingerprint density at radius 1 is 1.09 bits per heavy atom. The van der Waals surface area contributed by atoms with Gasteiger partial charge in [-0.25, -0.2) is 4.98 Å². The van der Waals surface area contributed by atoms with E-state index in [0.29, 0.717) is 36.8 Å². The summed E-state index contributed by atoms with van der Waals surface area (Å²) in [6.45, 7) is 4.56. The van der Waals surface area contributed by atoms with Gasteiger partial charge in [0.15, 0.2) is 5.82 Å². The molecule has 1 saturated carbocycles. The molecule has 1 aromatic heterocycles. The van der Waals surface area contributed by atoms with E-state index in [4.69, 9.17) is 20.9 Å². The van der Waals surface area contributed by atoms with E-state index < -0.39 is 11.0 Å². The van der Waals surface area contributed by atoms with Gasteiger partial charge in [0, 0.05) is 0 Å². The molecule has 0 bridgehead atoms. The fourth-order valence-electron chi connectivity index (χ4n) is 4.39. The first kappa shape index (κ1) is 23.4. The summed E-state index contributed by atoms with van der Waals surface area (Å²) in [4.78, 5) is 31.6. The maximum atomic E-state index is 12.6. The van der Waals surface area contributed by atoms with Crippen LogP contribution in [0.2, 0.25) is 0 Å². The second kappa shape index (κ2) is 9.59. The van der Waals surface area contributed by atoms with E-state index in [1.165, 1.54) is 0 Å².